The lowest BCUT2D eigenvalue weighted by molar-refractivity contribution is 0.0118. The van der Waals surface area contributed by atoms with E-state index in [1.165, 1.54) is 17.5 Å². The van der Waals surface area contributed by atoms with E-state index >= 15 is 0 Å². The Morgan fingerprint density at radius 2 is 2.02 bits per heavy atom. The van der Waals surface area contributed by atoms with Gasteiger partial charge < -0.3 is 20.1 Å². The second-order valence-corrected chi connectivity index (χ2v) is 14.8. The number of piperidine rings is 1. The van der Waals surface area contributed by atoms with Crippen LogP contribution in [-0.4, -0.2) is 76.4 Å². The minimum Gasteiger partial charge on any atom is -0.461 e. The molecule has 0 aromatic carbocycles. The van der Waals surface area contributed by atoms with Crippen molar-refractivity contribution in [3.8, 4) is 12.1 Å². The first-order chi connectivity index (χ1) is 22.8. The molecule has 1 saturated heterocycles. The van der Waals surface area contributed by atoms with Crippen molar-refractivity contribution in [2.24, 2.45) is 22.6 Å². The van der Waals surface area contributed by atoms with E-state index in [9.17, 15) is 14.9 Å². The van der Waals surface area contributed by atoms with Crippen molar-refractivity contribution in [1.82, 2.24) is 19.8 Å². The van der Waals surface area contributed by atoms with Crippen LogP contribution in [-0.2, 0) is 11.2 Å². The number of carbonyl (C=O) groups is 2. The van der Waals surface area contributed by atoms with Crippen molar-refractivity contribution < 1.29 is 19.1 Å². The number of thiophene rings is 1. The topological polar surface area (TPSA) is 147 Å². The van der Waals surface area contributed by atoms with Crippen molar-refractivity contribution in [3.05, 3.63) is 45.2 Å². The number of ketones is 1. The highest BCUT2D eigenvalue weighted by atomic mass is 32.1. The van der Waals surface area contributed by atoms with Crippen LogP contribution in [0.25, 0.3) is 0 Å². The molecule has 3 unspecified atom stereocenters. The van der Waals surface area contributed by atoms with Gasteiger partial charge in [-0.15, -0.1) is 11.3 Å². The number of aliphatic imine (C=N–C) groups is 1. The molecule has 2 aromatic rings. The highest BCUT2D eigenvalue weighted by molar-refractivity contribution is 7.16. The second kappa shape index (κ2) is 15.5. The third-order valence-electron chi connectivity index (χ3n) is 8.91. The summed E-state index contributed by atoms with van der Waals surface area (Å²) in [4.78, 5) is 45.1. The molecule has 2 N–H and O–H groups in total. The van der Waals surface area contributed by atoms with Gasteiger partial charge in [0.25, 0.3) is 0 Å². The number of fused-ring (bicyclic) bond motifs is 2. The highest BCUT2D eigenvalue weighted by Gasteiger charge is 2.61. The number of aromatic nitrogens is 2. The number of nitriles is 1. The van der Waals surface area contributed by atoms with Crippen LogP contribution in [0, 0.1) is 23.2 Å². The second-order valence-electron chi connectivity index (χ2n) is 13.7. The molecule has 1 saturated carbocycles. The van der Waals surface area contributed by atoms with E-state index in [2.05, 4.69) is 28.0 Å². The Morgan fingerprint density at radius 3 is 2.67 bits per heavy atom. The first kappa shape index (κ1) is 36.8. The zero-order valence-electron chi connectivity index (χ0n) is 29.9. The Kier molecular flexibility index (Phi) is 11.9. The normalized spacial score (nSPS) is 23.2. The zero-order valence-corrected chi connectivity index (χ0v) is 30.7. The Labute approximate surface area is 289 Å². The molecule has 3 heterocycles. The Balaban J connectivity index is 0.00000255. The van der Waals surface area contributed by atoms with Gasteiger partial charge in [-0.05, 0) is 76.3 Å². The summed E-state index contributed by atoms with van der Waals surface area (Å²) in [7, 11) is 3.77. The summed E-state index contributed by atoms with van der Waals surface area (Å²) in [6.45, 7) is 13.9. The number of ether oxygens (including phenoxy) is 2. The van der Waals surface area contributed by atoms with Gasteiger partial charge in [-0.1, -0.05) is 34.1 Å². The minimum absolute atomic E-state index is 0.0750. The lowest BCUT2D eigenvalue weighted by Gasteiger charge is -2.31. The van der Waals surface area contributed by atoms with Crippen LogP contribution in [0.4, 0.5) is 9.80 Å². The van der Waals surface area contributed by atoms with Gasteiger partial charge in [0.1, 0.15) is 29.0 Å². The molecule has 2 fully saturated rings. The molecule has 0 bridgehead atoms. The number of amides is 1. The number of nitrogens with zero attached hydrogens (tertiary/aromatic N) is 6. The molecule has 1 amide bonds. The number of hydrogen-bond acceptors (Lipinski definition) is 10. The number of likely N-dealkylation sites (tertiary alicyclic amines) is 1. The standard InChI is InChI=1S/C34H45N7O4S.C2H6/c1-8-10-22(28(36)21-11-9-12-26-27(21)24(16-35)31(46-26)38-18-40(6)7)30(42)25-13-14-37-32(39-25)44-17-20-15-23-19(2)29(23)41(20)33(43)45-34(3,4)5;1-2/h13-14,18-21,23,29H,8-12,15,17,36H2,1-7H3;1-2H3/b28-22-,38-18+;/t19?,20-,21-,23?,29?;/m0./s1. The van der Waals surface area contributed by atoms with E-state index in [-0.39, 0.29) is 48.2 Å². The van der Waals surface area contributed by atoms with E-state index in [0.717, 1.165) is 36.1 Å². The molecule has 1 aliphatic heterocycles. The summed E-state index contributed by atoms with van der Waals surface area (Å²) in [6.07, 6.45) is 7.38. The maximum atomic E-state index is 14.0. The summed E-state index contributed by atoms with van der Waals surface area (Å²) >= 11 is 1.52. The average molecular weight is 678 g/mol. The monoisotopic (exact) mass is 677 g/mol. The molecule has 2 aliphatic carbocycles. The Morgan fingerprint density at radius 1 is 1.29 bits per heavy atom. The number of Topliss-reactive ketones (excluding diaryl/α,β-unsaturated/α-hetero) is 1. The van der Waals surface area contributed by atoms with Gasteiger partial charge in [-0.25, -0.2) is 14.8 Å². The van der Waals surface area contributed by atoms with Crippen molar-refractivity contribution in [2.75, 3.05) is 20.7 Å². The number of nitrogens with two attached hydrogens (primary N) is 1. The lowest BCUT2D eigenvalue weighted by atomic mass is 9.80. The predicted molar refractivity (Wildman–Crippen MR) is 189 cm³/mol. The number of carbonyl (C=O) groups excluding carboxylic acids is 2. The fraction of sp³-hybridized carbons (Fsp3) is 0.611. The first-order valence-corrected chi connectivity index (χ1v) is 17.9. The first-order valence-electron chi connectivity index (χ1n) is 17.1. The molecule has 3 aliphatic rings. The van der Waals surface area contributed by atoms with Crippen molar-refractivity contribution in [1.29, 1.82) is 5.26 Å². The van der Waals surface area contributed by atoms with Crippen LogP contribution >= 0.6 is 11.3 Å². The molecule has 11 nitrogen and oxygen atoms in total. The largest absolute Gasteiger partial charge is 0.461 e. The third-order valence-corrected chi connectivity index (χ3v) is 10.1. The fourth-order valence-corrected chi connectivity index (χ4v) is 7.96. The molecule has 5 rings (SSSR count). The van der Waals surface area contributed by atoms with Crippen LogP contribution in [0.15, 0.2) is 28.5 Å². The zero-order chi connectivity index (χ0) is 35.3. The molecular weight excluding hydrogens is 627 g/mol. The van der Waals surface area contributed by atoms with Crippen LogP contribution in [0.1, 0.15) is 113 Å². The molecule has 0 spiro atoms. The van der Waals surface area contributed by atoms with Gasteiger partial charge in [0, 0.05) is 48.4 Å². The quantitative estimate of drug-likeness (QED) is 0.122. The summed E-state index contributed by atoms with van der Waals surface area (Å²) in [5.74, 6) is 0.340. The van der Waals surface area contributed by atoms with Gasteiger partial charge in [-0.2, -0.15) is 10.2 Å². The van der Waals surface area contributed by atoms with E-state index in [0.29, 0.717) is 46.5 Å². The maximum absolute atomic E-state index is 14.0. The summed E-state index contributed by atoms with van der Waals surface area (Å²) in [5.41, 5.74) is 8.88. The summed E-state index contributed by atoms with van der Waals surface area (Å²) < 4.78 is 11.7. The lowest BCUT2D eigenvalue weighted by Crippen LogP contribution is -2.45. The smallest absolute Gasteiger partial charge is 0.410 e. The average Bonchev–Trinajstić information content (AvgIpc) is 3.37. The van der Waals surface area contributed by atoms with E-state index < -0.39 is 5.60 Å². The fourth-order valence-electron chi connectivity index (χ4n) is 6.77. The number of hydrogen-bond donors (Lipinski definition) is 1. The maximum Gasteiger partial charge on any atom is 0.410 e. The molecule has 2 aromatic heterocycles. The van der Waals surface area contributed by atoms with E-state index in [1.54, 1.807) is 12.4 Å². The highest BCUT2D eigenvalue weighted by Crippen LogP contribution is 2.53. The molecule has 5 atom stereocenters. The van der Waals surface area contributed by atoms with Crippen LogP contribution in [0.5, 0.6) is 6.01 Å². The number of allylic oxidation sites excluding steroid dienone is 2. The molecule has 0 radical (unpaired) electrons. The van der Waals surface area contributed by atoms with Crippen molar-refractivity contribution >= 4 is 34.6 Å². The third kappa shape index (κ3) is 8.00. The predicted octanol–water partition coefficient (Wildman–Crippen LogP) is 7.00. The SMILES string of the molecule is CC.CCC/C(C(=O)c1ccnc(OC[C@@H]2CC3C(C)C3N2C(=O)OC(C)(C)C)n1)=C(/N)[C@H]1CCCc2sc(/N=C/N(C)C)c(C#N)c21. The van der Waals surface area contributed by atoms with Crippen molar-refractivity contribution in [3.63, 3.8) is 0 Å². The number of aryl methyl sites for hydroxylation is 1. The van der Waals surface area contributed by atoms with Gasteiger partial charge in [0.2, 0.25) is 5.78 Å². The van der Waals surface area contributed by atoms with Gasteiger partial charge >= 0.3 is 12.1 Å². The molecule has 48 heavy (non-hydrogen) atoms. The van der Waals surface area contributed by atoms with E-state index in [4.69, 9.17) is 15.2 Å². The Bertz CT molecular complexity index is 1590. The van der Waals surface area contributed by atoms with Crippen LogP contribution in [0.2, 0.25) is 0 Å². The van der Waals surface area contributed by atoms with Gasteiger partial charge in [-0.3, -0.25) is 9.69 Å². The van der Waals surface area contributed by atoms with Gasteiger partial charge in [0.05, 0.1) is 17.9 Å². The summed E-state index contributed by atoms with van der Waals surface area (Å²) in [5, 5.41) is 10.8. The van der Waals surface area contributed by atoms with Crippen LogP contribution < -0.4 is 10.5 Å². The minimum atomic E-state index is -0.594. The van der Waals surface area contributed by atoms with Crippen LogP contribution in [0.3, 0.4) is 0 Å². The molecule has 12 heteroatoms. The molecular formula is C36H51N7O4S. The Hall–Kier alpha value is -3.98. The summed E-state index contributed by atoms with van der Waals surface area (Å²) in [6, 6.07) is 4.00. The van der Waals surface area contributed by atoms with Gasteiger partial charge in [0.15, 0.2) is 0 Å². The number of rotatable bonds is 10. The molecule has 260 valence electrons. The van der Waals surface area contributed by atoms with E-state index in [1.807, 2.05) is 65.4 Å². The van der Waals surface area contributed by atoms with Crippen molar-refractivity contribution in [2.45, 2.75) is 111 Å².